The zero-order valence-corrected chi connectivity index (χ0v) is 10.5. The Hall–Kier alpha value is -0.280. The molecule has 0 fully saturated rings. The van der Waals surface area contributed by atoms with E-state index in [1.54, 1.807) is 0 Å². The van der Waals surface area contributed by atoms with Gasteiger partial charge in [-0.2, -0.15) is 0 Å². The SMILES string of the molecule is CN(C)CC(CN)c1ccc(Cl)c(Cl)c1. The summed E-state index contributed by atoms with van der Waals surface area (Å²) in [6.45, 7) is 1.52. The molecule has 0 aliphatic heterocycles. The topological polar surface area (TPSA) is 29.3 Å². The molecule has 1 unspecified atom stereocenters. The van der Waals surface area contributed by atoms with Gasteiger partial charge in [0.2, 0.25) is 0 Å². The van der Waals surface area contributed by atoms with Crippen molar-refractivity contribution in [3.8, 4) is 0 Å². The molecule has 1 aromatic rings. The van der Waals surface area contributed by atoms with Crippen molar-refractivity contribution in [3.63, 3.8) is 0 Å². The van der Waals surface area contributed by atoms with Crippen molar-refractivity contribution in [2.45, 2.75) is 5.92 Å². The van der Waals surface area contributed by atoms with E-state index in [1.165, 1.54) is 0 Å². The van der Waals surface area contributed by atoms with E-state index in [0.29, 0.717) is 22.5 Å². The Bertz CT molecular complexity index is 326. The Balaban J connectivity index is 2.87. The van der Waals surface area contributed by atoms with Crippen LogP contribution in [0.2, 0.25) is 10.0 Å². The molecule has 0 radical (unpaired) electrons. The predicted molar refractivity (Wildman–Crippen MR) is 66.8 cm³/mol. The van der Waals surface area contributed by atoms with E-state index >= 15 is 0 Å². The van der Waals surface area contributed by atoms with E-state index in [-0.39, 0.29) is 0 Å². The molecule has 1 rings (SSSR count). The number of halogens is 2. The molecule has 1 aromatic carbocycles. The third-order valence-electron chi connectivity index (χ3n) is 2.29. The molecular weight excluding hydrogens is 231 g/mol. The number of benzene rings is 1. The summed E-state index contributed by atoms with van der Waals surface area (Å²) in [4.78, 5) is 2.11. The Morgan fingerprint density at radius 1 is 1.27 bits per heavy atom. The minimum absolute atomic E-state index is 0.301. The molecule has 0 heterocycles. The average molecular weight is 247 g/mol. The van der Waals surface area contributed by atoms with Crippen molar-refractivity contribution in [2.75, 3.05) is 27.2 Å². The fourth-order valence-corrected chi connectivity index (χ4v) is 1.83. The van der Waals surface area contributed by atoms with Gasteiger partial charge in [0, 0.05) is 19.0 Å². The molecule has 0 aliphatic rings. The van der Waals surface area contributed by atoms with Crippen molar-refractivity contribution in [1.29, 1.82) is 0 Å². The molecule has 4 heteroatoms. The second-order valence-electron chi connectivity index (χ2n) is 3.87. The number of nitrogens with two attached hydrogens (primary N) is 1. The van der Waals surface area contributed by atoms with Gasteiger partial charge in [0.1, 0.15) is 0 Å². The van der Waals surface area contributed by atoms with Crippen LogP contribution in [-0.2, 0) is 0 Å². The number of hydrogen-bond donors (Lipinski definition) is 1. The zero-order chi connectivity index (χ0) is 11.4. The van der Waals surface area contributed by atoms with E-state index in [9.17, 15) is 0 Å². The molecule has 1 atom stereocenters. The molecule has 2 nitrogen and oxygen atoms in total. The Morgan fingerprint density at radius 2 is 1.93 bits per heavy atom. The van der Waals surface area contributed by atoms with Crippen LogP contribution in [0.5, 0.6) is 0 Å². The second kappa shape index (κ2) is 5.71. The summed E-state index contributed by atoms with van der Waals surface area (Å²) in [5.41, 5.74) is 6.88. The number of rotatable bonds is 4. The molecule has 0 spiro atoms. The Morgan fingerprint density at radius 3 is 2.40 bits per heavy atom. The van der Waals surface area contributed by atoms with Crippen LogP contribution in [0.15, 0.2) is 18.2 Å². The minimum atomic E-state index is 0.301. The maximum atomic E-state index is 5.97. The summed E-state index contributed by atoms with van der Waals surface area (Å²) >= 11 is 11.8. The third-order valence-corrected chi connectivity index (χ3v) is 3.02. The Labute approximate surface area is 101 Å². The van der Waals surface area contributed by atoms with Crippen LogP contribution in [0, 0.1) is 0 Å². The van der Waals surface area contributed by atoms with Gasteiger partial charge >= 0.3 is 0 Å². The van der Waals surface area contributed by atoms with Crippen LogP contribution in [0.1, 0.15) is 11.5 Å². The van der Waals surface area contributed by atoms with E-state index in [2.05, 4.69) is 4.90 Å². The van der Waals surface area contributed by atoms with Gasteiger partial charge in [-0.3, -0.25) is 0 Å². The molecule has 0 bridgehead atoms. The second-order valence-corrected chi connectivity index (χ2v) is 4.68. The lowest BCUT2D eigenvalue weighted by atomic mass is 9.99. The molecule has 0 aliphatic carbocycles. The summed E-state index contributed by atoms with van der Waals surface area (Å²) in [6, 6.07) is 5.69. The summed E-state index contributed by atoms with van der Waals surface area (Å²) in [5.74, 6) is 0.301. The first-order valence-electron chi connectivity index (χ1n) is 4.84. The molecule has 0 aromatic heterocycles. The maximum Gasteiger partial charge on any atom is 0.0595 e. The van der Waals surface area contributed by atoms with Gasteiger partial charge < -0.3 is 10.6 Å². The van der Waals surface area contributed by atoms with Gasteiger partial charge in [0.05, 0.1) is 10.0 Å². The zero-order valence-electron chi connectivity index (χ0n) is 9.00. The van der Waals surface area contributed by atoms with Gasteiger partial charge in [-0.05, 0) is 31.8 Å². The molecule has 0 amide bonds. The third kappa shape index (κ3) is 3.65. The van der Waals surface area contributed by atoms with Crippen molar-refractivity contribution in [3.05, 3.63) is 33.8 Å². The monoisotopic (exact) mass is 246 g/mol. The van der Waals surface area contributed by atoms with E-state index in [4.69, 9.17) is 28.9 Å². The highest BCUT2D eigenvalue weighted by Crippen LogP contribution is 2.26. The van der Waals surface area contributed by atoms with Crippen molar-refractivity contribution in [2.24, 2.45) is 5.73 Å². The van der Waals surface area contributed by atoms with Crippen LogP contribution in [0.4, 0.5) is 0 Å². The van der Waals surface area contributed by atoms with E-state index in [0.717, 1.165) is 12.1 Å². The normalized spacial score (nSPS) is 13.2. The fourth-order valence-electron chi connectivity index (χ4n) is 1.52. The number of likely N-dealkylation sites (N-methyl/N-ethyl adjacent to an activating group) is 1. The van der Waals surface area contributed by atoms with Gasteiger partial charge in [0.25, 0.3) is 0 Å². The lowest BCUT2D eigenvalue weighted by molar-refractivity contribution is 0.375. The lowest BCUT2D eigenvalue weighted by Gasteiger charge is -2.20. The predicted octanol–water partition coefficient (Wildman–Crippen LogP) is 2.60. The van der Waals surface area contributed by atoms with Crippen molar-refractivity contribution < 1.29 is 0 Å². The first-order valence-corrected chi connectivity index (χ1v) is 5.60. The largest absolute Gasteiger partial charge is 0.330 e. The summed E-state index contributed by atoms with van der Waals surface area (Å²) in [5, 5.41) is 1.17. The fraction of sp³-hybridized carbons (Fsp3) is 0.455. The number of hydrogen-bond acceptors (Lipinski definition) is 2. The molecule has 15 heavy (non-hydrogen) atoms. The molecule has 0 saturated heterocycles. The highest BCUT2D eigenvalue weighted by molar-refractivity contribution is 6.42. The summed E-state index contributed by atoms with van der Waals surface area (Å²) in [7, 11) is 4.06. The van der Waals surface area contributed by atoms with Gasteiger partial charge in [-0.1, -0.05) is 29.3 Å². The average Bonchev–Trinajstić information content (AvgIpc) is 2.18. The standard InChI is InChI=1S/C11H16Cl2N2/c1-15(2)7-9(6-14)8-3-4-10(12)11(13)5-8/h3-5,9H,6-7,14H2,1-2H3. The van der Waals surface area contributed by atoms with Gasteiger partial charge in [-0.15, -0.1) is 0 Å². The highest BCUT2D eigenvalue weighted by atomic mass is 35.5. The molecule has 0 saturated carbocycles. The minimum Gasteiger partial charge on any atom is -0.330 e. The van der Waals surface area contributed by atoms with Crippen LogP contribution < -0.4 is 5.73 Å². The van der Waals surface area contributed by atoms with Gasteiger partial charge in [0.15, 0.2) is 0 Å². The quantitative estimate of drug-likeness (QED) is 0.886. The smallest absolute Gasteiger partial charge is 0.0595 e. The highest BCUT2D eigenvalue weighted by Gasteiger charge is 2.12. The van der Waals surface area contributed by atoms with Crippen molar-refractivity contribution >= 4 is 23.2 Å². The van der Waals surface area contributed by atoms with Gasteiger partial charge in [-0.25, -0.2) is 0 Å². The van der Waals surface area contributed by atoms with Crippen LogP contribution in [-0.4, -0.2) is 32.1 Å². The first-order chi connectivity index (χ1) is 7.04. The first kappa shape index (κ1) is 12.8. The molecule has 84 valence electrons. The van der Waals surface area contributed by atoms with Crippen molar-refractivity contribution in [1.82, 2.24) is 4.90 Å². The van der Waals surface area contributed by atoms with Crippen LogP contribution >= 0.6 is 23.2 Å². The number of nitrogens with zero attached hydrogens (tertiary/aromatic N) is 1. The summed E-state index contributed by atoms with van der Waals surface area (Å²) < 4.78 is 0. The van der Waals surface area contributed by atoms with E-state index < -0.39 is 0 Å². The maximum absolute atomic E-state index is 5.97. The molecular formula is C11H16Cl2N2. The Kier molecular flexibility index (Phi) is 4.87. The van der Waals surface area contributed by atoms with E-state index in [1.807, 2.05) is 32.3 Å². The summed E-state index contributed by atoms with van der Waals surface area (Å²) in [6.07, 6.45) is 0. The lowest BCUT2D eigenvalue weighted by Crippen LogP contribution is -2.25. The van der Waals surface area contributed by atoms with Crippen LogP contribution in [0.25, 0.3) is 0 Å². The molecule has 2 N–H and O–H groups in total. The van der Waals surface area contributed by atoms with Crippen LogP contribution in [0.3, 0.4) is 0 Å².